The molecule has 0 radical (unpaired) electrons. The molecule has 0 aromatic heterocycles. The summed E-state index contributed by atoms with van der Waals surface area (Å²) in [6.07, 6.45) is 2.54. The summed E-state index contributed by atoms with van der Waals surface area (Å²) in [5, 5.41) is 8.31. The van der Waals surface area contributed by atoms with Crippen LogP contribution in [0.15, 0.2) is 24.3 Å². The van der Waals surface area contributed by atoms with Gasteiger partial charge in [0.05, 0.1) is 11.5 Å². The highest BCUT2D eigenvalue weighted by Gasteiger charge is 2.67. The van der Waals surface area contributed by atoms with Crippen LogP contribution in [0, 0.1) is 5.41 Å². The normalized spacial score (nSPS) is 26.8. The van der Waals surface area contributed by atoms with E-state index in [4.69, 9.17) is 27.9 Å². The van der Waals surface area contributed by atoms with Crippen molar-refractivity contribution >= 4 is 46.5 Å². The number of halogens is 2. The van der Waals surface area contributed by atoms with E-state index in [9.17, 15) is 9.59 Å². The number of hydrogen-bond acceptors (Lipinski definition) is 3. The Balaban J connectivity index is 1.47. The number of ether oxygens (including phenoxy) is 1. The Morgan fingerprint density at radius 2 is 1.80 bits per heavy atom. The van der Waals surface area contributed by atoms with Gasteiger partial charge in [0.1, 0.15) is 4.33 Å². The molecule has 1 aliphatic carbocycles. The molecule has 2 atom stereocenters. The molecular formula is C17H21Cl2N3O3. The van der Waals surface area contributed by atoms with Crippen LogP contribution in [0.3, 0.4) is 0 Å². The molecule has 2 unspecified atom stereocenters. The highest BCUT2D eigenvalue weighted by molar-refractivity contribution is 6.53. The van der Waals surface area contributed by atoms with E-state index in [2.05, 4.69) is 16.0 Å². The third kappa shape index (κ3) is 4.19. The number of nitrogens with one attached hydrogen (secondary N) is 3. The number of alkyl halides is 2. The van der Waals surface area contributed by atoms with Crippen molar-refractivity contribution < 1.29 is 14.3 Å². The number of rotatable bonds is 5. The fourth-order valence-corrected chi connectivity index (χ4v) is 3.45. The first-order chi connectivity index (χ1) is 11.8. The summed E-state index contributed by atoms with van der Waals surface area (Å²) < 4.78 is 4.45. The predicted molar refractivity (Wildman–Crippen MR) is 98.2 cm³/mol. The number of hydrogen-bond donors (Lipinski definition) is 3. The van der Waals surface area contributed by atoms with Crippen molar-refractivity contribution in [1.82, 2.24) is 5.32 Å². The van der Waals surface area contributed by atoms with E-state index in [0.29, 0.717) is 24.3 Å². The molecule has 6 nitrogen and oxygen atoms in total. The topological polar surface area (TPSA) is 79.5 Å². The number of benzene rings is 1. The number of anilines is 2. The van der Waals surface area contributed by atoms with Gasteiger partial charge in [-0.15, -0.1) is 23.2 Å². The molecule has 3 N–H and O–H groups in total. The average molecular weight is 386 g/mol. The first-order valence-corrected chi connectivity index (χ1v) is 9.02. The van der Waals surface area contributed by atoms with Crippen LogP contribution in [0.4, 0.5) is 16.2 Å². The molecule has 1 aromatic carbocycles. The van der Waals surface area contributed by atoms with E-state index >= 15 is 0 Å². The molecule has 3 amide bonds. The Morgan fingerprint density at radius 3 is 2.32 bits per heavy atom. The van der Waals surface area contributed by atoms with Gasteiger partial charge in [0.25, 0.3) is 0 Å². The third-order valence-electron chi connectivity index (χ3n) is 4.67. The summed E-state index contributed by atoms with van der Waals surface area (Å²) in [6.45, 7) is 2.99. The zero-order valence-electron chi connectivity index (χ0n) is 13.9. The molecule has 1 saturated heterocycles. The van der Waals surface area contributed by atoms with Crippen LogP contribution in [0.2, 0.25) is 0 Å². The van der Waals surface area contributed by atoms with Gasteiger partial charge >= 0.3 is 6.03 Å². The van der Waals surface area contributed by atoms with Gasteiger partial charge in [-0.1, -0.05) is 0 Å². The van der Waals surface area contributed by atoms with E-state index in [1.165, 1.54) is 0 Å². The molecule has 1 saturated carbocycles. The standard InChI is InChI=1S/C17H21Cl2N3O3/c1-16(10-17(16,18)19)14(23)21-11-4-6-12(7-5-11)22-15(24)20-9-13-3-2-8-25-13/h4-7,13H,2-3,8-10H2,1H3,(H,21,23)(H2,20,22,24). The van der Waals surface area contributed by atoms with Crippen molar-refractivity contribution in [2.75, 3.05) is 23.8 Å². The molecule has 1 aliphatic heterocycles. The Kier molecular flexibility index (Phi) is 5.14. The summed E-state index contributed by atoms with van der Waals surface area (Å²) in [6, 6.07) is 6.57. The van der Waals surface area contributed by atoms with Crippen LogP contribution < -0.4 is 16.0 Å². The Bertz CT molecular complexity index is 660. The Hall–Kier alpha value is -1.50. The average Bonchev–Trinajstić information content (AvgIpc) is 2.93. The summed E-state index contributed by atoms with van der Waals surface area (Å²) in [5.41, 5.74) is 0.479. The van der Waals surface area contributed by atoms with Gasteiger partial charge in [-0.2, -0.15) is 0 Å². The first-order valence-electron chi connectivity index (χ1n) is 8.26. The van der Waals surface area contributed by atoms with Crippen LogP contribution in [-0.2, 0) is 9.53 Å². The van der Waals surface area contributed by atoms with Crippen molar-refractivity contribution in [3.8, 4) is 0 Å². The first kappa shape index (κ1) is 18.3. The maximum atomic E-state index is 12.2. The second kappa shape index (κ2) is 7.02. The van der Waals surface area contributed by atoms with Crippen LogP contribution in [0.25, 0.3) is 0 Å². The van der Waals surface area contributed by atoms with Crippen LogP contribution in [0.1, 0.15) is 26.2 Å². The SMILES string of the molecule is CC1(C(=O)Nc2ccc(NC(=O)NCC3CCCO3)cc2)CC1(Cl)Cl. The molecule has 2 aliphatic rings. The van der Waals surface area contributed by atoms with E-state index in [0.717, 1.165) is 19.4 Å². The predicted octanol–water partition coefficient (Wildman–Crippen LogP) is 3.51. The van der Waals surface area contributed by atoms with Gasteiger partial charge in [0, 0.05) is 24.5 Å². The largest absolute Gasteiger partial charge is 0.376 e. The highest BCUT2D eigenvalue weighted by Crippen LogP contribution is 2.64. The van der Waals surface area contributed by atoms with Crippen molar-refractivity contribution in [2.24, 2.45) is 5.41 Å². The quantitative estimate of drug-likeness (QED) is 0.678. The Labute approximate surface area is 156 Å². The molecule has 3 rings (SSSR count). The lowest BCUT2D eigenvalue weighted by molar-refractivity contribution is -0.120. The van der Waals surface area contributed by atoms with Gasteiger partial charge in [-0.05, 0) is 50.5 Å². The fraction of sp³-hybridized carbons (Fsp3) is 0.529. The minimum absolute atomic E-state index is 0.100. The zero-order chi connectivity index (χ0) is 18.1. The van der Waals surface area contributed by atoms with Crippen LogP contribution >= 0.6 is 23.2 Å². The molecule has 1 heterocycles. The smallest absolute Gasteiger partial charge is 0.319 e. The highest BCUT2D eigenvalue weighted by atomic mass is 35.5. The molecule has 0 spiro atoms. The number of amides is 3. The van der Waals surface area contributed by atoms with Crippen molar-refractivity contribution in [3.05, 3.63) is 24.3 Å². The minimum Gasteiger partial charge on any atom is -0.376 e. The molecule has 2 fully saturated rings. The fourth-order valence-electron chi connectivity index (χ4n) is 2.74. The lowest BCUT2D eigenvalue weighted by atomic mass is 10.1. The monoisotopic (exact) mass is 385 g/mol. The summed E-state index contributed by atoms with van der Waals surface area (Å²) in [4.78, 5) is 24.1. The van der Waals surface area contributed by atoms with Crippen LogP contribution in [0.5, 0.6) is 0 Å². The summed E-state index contributed by atoms with van der Waals surface area (Å²) >= 11 is 12.0. The van der Waals surface area contributed by atoms with E-state index in [1.54, 1.807) is 31.2 Å². The number of carbonyl (C=O) groups excluding carboxylic acids is 2. The summed E-state index contributed by atoms with van der Waals surface area (Å²) in [5.74, 6) is -0.215. The molecule has 8 heteroatoms. The summed E-state index contributed by atoms with van der Waals surface area (Å²) in [7, 11) is 0. The minimum atomic E-state index is -1.00. The van der Waals surface area contributed by atoms with E-state index < -0.39 is 9.75 Å². The molecule has 25 heavy (non-hydrogen) atoms. The van der Waals surface area contributed by atoms with Crippen molar-refractivity contribution in [3.63, 3.8) is 0 Å². The number of carbonyl (C=O) groups is 2. The van der Waals surface area contributed by atoms with E-state index in [1.807, 2.05) is 0 Å². The lowest BCUT2D eigenvalue weighted by Gasteiger charge is -2.14. The second-order valence-corrected chi connectivity index (χ2v) is 8.20. The van der Waals surface area contributed by atoms with Gasteiger partial charge in [0.15, 0.2) is 0 Å². The maximum Gasteiger partial charge on any atom is 0.319 e. The molecule has 0 bridgehead atoms. The van der Waals surface area contributed by atoms with Gasteiger partial charge in [0.2, 0.25) is 5.91 Å². The van der Waals surface area contributed by atoms with Gasteiger partial charge < -0.3 is 20.7 Å². The maximum absolute atomic E-state index is 12.2. The molecular weight excluding hydrogens is 365 g/mol. The zero-order valence-corrected chi connectivity index (χ0v) is 15.4. The second-order valence-electron chi connectivity index (χ2n) is 6.71. The third-order valence-corrected chi connectivity index (χ3v) is 5.78. The molecule has 1 aromatic rings. The lowest BCUT2D eigenvalue weighted by Crippen LogP contribution is -2.35. The van der Waals surface area contributed by atoms with E-state index in [-0.39, 0.29) is 18.0 Å². The molecule has 136 valence electrons. The Morgan fingerprint density at radius 1 is 1.20 bits per heavy atom. The van der Waals surface area contributed by atoms with Crippen LogP contribution in [-0.4, -0.2) is 35.5 Å². The van der Waals surface area contributed by atoms with Crippen molar-refractivity contribution in [2.45, 2.75) is 36.6 Å². The van der Waals surface area contributed by atoms with Crippen molar-refractivity contribution in [1.29, 1.82) is 0 Å². The van der Waals surface area contributed by atoms with Gasteiger partial charge in [-0.3, -0.25) is 4.79 Å². The number of urea groups is 1. The van der Waals surface area contributed by atoms with Gasteiger partial charge in [-0.25, -0.2) is 4.79 Å².